The number of nitrogens with zero attached hydrogens (tertiary/aromatic N) is 2. The Hall–Kier alpha value is -1.64. The summed E-state index contributed by atoms with van der Waals surface area (Å²) in [7, 11) is 0. The van der Waals surface area contributed by atoms with Crippen LogP contribution in [0.4, 0.5) is 5.82 Å². The first-order valence-electron chi connectivity index (χ1n) is 3.36. The van der Waals surface area contributed by atoms with Crippen LogP contribution in [0.2, 0.25) is 0 Å². The molecule has 11 heavy (non-hydrogen) atoms. The van der Waals surface area contributed by atoms with Gasteiger partial charge in [-0.15, -0.1) is 0 Å². The average molecular weight is 145 g/mol. The van der Waals surface area contributed by atoms with Gasteiger partial charge in [-0.2, -0.15) is 0 Å². The van der Waals surface area contributed by atoms with Crippen molar-refractivity contribution in [2.75, 3.05) is 5.32 Å². The van der Waals surface area contributed by atoms with E-state index < -0.39 is 0 Å². The van der Waals surface area contributed by atoms with Crippen LogP contribution in [0, 0.1) is 0 Å². The first-order valence-corrected chi connectivity index (χ1v) is 3.36. The van der Waals surface area contributed by atoms with E-state index in [-0.39, 0.29) is 0 Å². The van der Waals surface area contributed by atoms with E-state index in [9.17, 15) is 0 Å². The molecule has 1 aliphatic rings. The molecule has 3 nitrogen and oxygen atoms in total. The molecule has 0 saturated carbocycles. The third-order valence-corrected chi connectivity index (χ3v) is 1.43. The van der Waals surface area contributed by atoms with Crippen molar-refractivity contribution in [3.63, 3.8) is 0 Å². The largest absolute Gasteiger partial charge is 0.345 e. The summed E-state index contributed by atoms with van der Waals surface area (Å²) in [6.45, 7) is 0. The van der Waals surface area contributed by atoms with Gasteiger partial charge in [0.1, 0.15) is 5.82 Å². The Morgan fingerprint density at radius 2 is 2.36 bits per heavy atom. The highest BCUT2D eigenvalue weighted by atomic mass is 15.0. The number of nitrogens with one attached hydrogen (secondary N) is 1. The fourth-order valence-corrected chi connectivity index (χ4v) is 0.925. The Labute approximate surface area is 64.5 Å². The van der Waals surface area contributed by atoms with Crippen molar-refractivity contribution in [2.24, 2.45) is 4.99 Å². The summed E-state index contributed by atoms with van der Waals surface area (Å²) < 4.78 is 0. The van der Waals surface area contributed by atoms with Crippen molar-refractivity contribution in [3.05, 3.63) is 36.3 Å². The molecule has 1 aromatic rings. The van der Waals surface area contributed by atoms with Crippen molar-refractivity contribution < 1.29 is 0 Å². The van der Waals surface area contributed by atoms with E-state index in [1.54, 1.807) is 24.8 Å². The van der Waals surface area contributed by atoms with Gasteiger partial charge < -0.3 is 5.32 Å². The molecule has 0 spiro atoms. The number of anilines is 1. The van der Waals surface area contributed by atoms with Gasteiger partial charge in [0.2, 0.25) is 0 Å². The van der Waals surface area contributed by atoms with E-state index in [1.165, 1.54) is 0 Å². The van der Waals surface area contributed by atoms with Crippen molar-refractivity contribution in [3.8, 4) is 0 Å². The molecule has 0 bridgehead atoms. The van der Waals surface area contributed by atoms with Gasteiger partial charge in [-0.05, 0) is 12.1 Å². The van der Waals surface area contributed by atoms with Crippen molar-refractivity contribution >= 4 is 12.0 Å². The monoisotopic (exact) mass is 145 g/mol. The maximum Gasteiger partial charge on any atom is 0.138 e. The number of pyridine rings is 1. The highest BCUT2D eigenvalue weighted by Gasteiger charge is 1.98. The van der Waals surface area contributed by atoms with Gasteiger partial charge in [-0.3, -0.25) is 4.99 Å². The van der Waals surface area contributed by atoms with Crippen LogP contribution < -0.4 is 5.32 Å². The van der Waals surface area contributed by atoms with Crippen LogP contribution in [0.3, 0.4) is 0 Å². The van der Waals surface area contributed by atoms with Crippen LogP contribution in [-0.2, 0) is 0 Å². The Bertz CT molecular complexity index is 315. The van der Waals surface area contributed by atoms with Crippen LogP contribution in [0.25, 0.3) is 0 Å². The fraction of sp³-hybridized carbons (Fsp3) is 0. The third-order valence-electron chi connectivity index (χ3n) is 1.43. The summed E-state index contributed by atoms with van der Waals surface area (Å²) in [5.74, 6) is 0.852. The van der Waals surface area contributed by atoms with Gasteiger partial charge in [0.05, 0.1) is 0 Å². The Balaban J connectivity index is 2.52. The van der Waals surface area contributed by atoms with Crippen LogP contribution in [-0.4, -0.2) is 11.2 Å². The minimum absolute atomic E-state index is 0.852. The normalized spacial score (nSPS) is 13.5. The molecule has 1 aliphatic heterocycles. The quantitative estimate of drug-likeness (QED) is 0.599. The molecule has 0 aliphatic carbocycles. The molecule has 0 unspecified atom stereocenters. The number of aromatic nitrogens is 1. The molecule has 0 atom stereocenters. The zero-order valence-electron chi connectivity index (χ0n) is 5.86. The van der Waals surface area contributed by atoms with Crippen molar-refractivity contribution in [2.45, 2.75) is 0 Å². The molecule has 2 rings (SSSR count). The van der Waals surface area contributed by atoms with Crippen LogP contribution >= 0.6 is 0 Å². The van der Waals surface area contributed by atoms with Crippen LogP contribution in [0.5, 0.6) is 0 Å². The summed E-state index contributed by atoms with van der Waals surface area (Å²) in [5, 5.41) is 3.01. The highest BCUT2D eigenvalue weighted by Crippen LogP contribution is 2.10. The van der Waals surface area contributed by atoms with E-state index in [0.717, 1.165) is 11.4 Å². The van der Waals surface area contributed by atoms with Crippen LogP contribution in [0.15, 0.2) is 35.7 Å². The maximum absolute atomic E-state index is 4.13. The Morgan fingerprint density at radius 1 is 1.36 bits per heavy atom. The SMILES string of the molecule is C1=CNc2ncccc2C=N1. The lowest BCUT2D eigenvalue weighted by Gasteiger charge is -1.99. The standard InChI is InChI=1S/C8H7N3/c1-2-7-6-9-4-5-11-8(7)10-3-1/h1-6H,(H,10,11). The van der Waals surface area contributed by atoms with E-state index in [2.05, 4.69) is 15.3 Å². The minimum atomic E-state index is 0.852. The third kappa shape index (κ3) is 1.12. The number of fused-ring (bicyclic) bond motifs is 1. The van der Waals surface area contributed by atoms with E-state index in [1.807, 2.05) is 12.1 Å². The maximum atomic E-state index is 4.13. The lowest BCUT2D eigenvalue weighted by atomic mass is 10.3. The van der Waals surface area contributed by atoms with Crippen molar-refractivity contribution in [1.82, 2.24) is 4.98 Å². The topological polar surface area (TPSA) is 37.3 Å². The summed E-state index contributed by atoms with van der Waals surface area (Å²) in [6.07, 6.45) is 6.98. The molecule has 54 valence electrons. The zero-order chi connectivity index (χ0) is 7.52. The molecule has 1 aromatic heterocycles. The second-order valence-corrected chi connectivity index (χ2v) is 2.18. The number of rotatable bonds is 0. The molecule has 3 heteroatoms. The first-order chi connectivity index (χ1) is 5.47. The number of aliphatic imine (C=N–C) groups is 1. The predicted octanol–water partition coefficient (Wildman–Crippen LogP) is 1.40. The number of hydrogen-bond acceptors (Lipinski definition) is 3. The summed E-state index contributed by atoms with van der Waals surface area (Å²) >= 11 is 0. The zero-order valence-corrected chi connectivity index (χ0v) is 5.86. The van der Waals surface area contributed by atoms with Gasteiger partial charge in [0.25, 0.3) is 0 Å². The molecule has 0 radical (unpaired) electrons. The molecular weight excluding hydrogens is 138 g/mol. The fourth-order valence-electron chi connectivity index (χ4n) is 0.925. The lowest BCUT2D eigenvalue weighted by molar-refractivity contribution is 1.30. The Morgan fingerprint density at radius 3 is 3.36 bits per heavy atom. The predicted molar refractivity (Wildman–Crippen MR) is 44.6 cm³/mol. The molecule has 0 amide bonds. The van der Waals surface area contributed by atoms with E-state index in [4.69, 9.17) is 0 Å². The number of hydrogen-bond donors (Lipinski definition) is 1. The molecule has 0 aromatic carbocycles. The molecular formula is C8H7N3. The molecule has 0 fully saturated rings. The van der Waals surface area contributed by atoms with E-state index in [0.29, 0.717) is 0 Å². The second kappa shape index (κ2) is 2.54. The minimum Gasteiger partial charge on any atom is -0.345 e. The van der Waals surface area contributed by atoms with Crippen LogP contribution in [0.1, 0.15) is 5.56 Å². The summed E-state index contributed by atoms with van der Waals surface area (Å²) in [4.78, 5) is 8.13. The van der Waals surface area contributed by atoms with Gasteiger partial charge in [-0.25, -0.2) is 4.98 Å². The molecule has 1 N–H and O–H groups in total. The highest BCUT2D eigenvalue weighted by molar-refractivity contribution is 5.87. The van der Waals surface area contributed by atoms with Gasteiger partial charge >= 0.3 is 0 Å². The summed E-state index contributed by atoms with van der Waals surface area (Å²) in [6, 6.07) is 3.85. The summed E-state index contributed by atoms with van der Waals surface area (Å²) in [5.41, 5.74) is 1.01. The van der Waals surface area contributed by atoms with Gasteiger partial charge in [0, 0.05) is 30.4 Å². The second-order valence-electron chi connectivity index (χ2n) is 2.18. The first kappa shape index (κ1) is 6.09. The smallest absolute Gasteiger partial charge is 0.138 e. The van der Waals surface area contributed by atoms with E-state index >= 15 is 0 Å². The van der Waals surface area contributed by atoms with Gasteiger partial charge in [0.15, 0.2) is 0 Å². The molecule has 0 saturated heterocycles. The molecule has 2 heterocycles. The lowest BCUT2D eigenvalue weighted by Crippen LogP contribution is -1.93. The van der Waals surface area contributed by atoms with Gasteiger partial charge in [-0.1, -0.05) is 0 Å². The van der Waals surface area contributed by atoms with Crippen molar-refractivity contribution in [1.29, 1.82) is 0 Å². The average Bonchev–Trinajstić information content (AvgIpc) is 2.28. The Kier molecular flexibility index (Phi) is 1.41.